The van der Waals surface area contributed by atoms with Gasteiger partial charge in [-0.2, -0.15) is 0 Å². The Morgan fingerprint density at radius 2 is 1.47 bits per heavy atom. The lowest BCUT2D eigenvalue weighted by molar-refractivity contribution is -0.118. The highest BCUT2D eigenvalue weighted by Crippen LogP contribution is 2.25. The summed E-state index contributed by atoms with van der Waals surface area (Å²) in [6.07, 6.45) is 18.3. The zero-order chi connectivity index (χ0) is 13.8. The first-order valence-electron chi connectivity index (χ1n) is 8.53. The van der Waals surface area contributed by atoms with Crippen LogP contribution in [-0.4, -0.2) is 12.5 Å². The van der Waals surface area contributed by atoms with E-state index in [-0.39, 0.29) is 5.91 Å². The van der Waals surface area contributed by atoms with Crippen LogP contribution in [0.5, 0.6) is 0 Å². The lowest BCUT2D eigenvalue weighted by Gasteiger charge is -2.18. The summed E-state index contributed by atoms with van der Waals surface area (Å²) in [6, 6.07) is 0. The summed E-state index contributed by atoms with van der Waals surface area (Å²) in [5.74, 6) is 1.09. The van der Waals surface area contributed by atoms with Crippen molar-refractivity contribution < 1.29 is 4.79 Å². The van der Waals surface area contributed by atoms with Crippen LogP contribution in [0.2, 0.25) is 0 Å². The first-order valence-corrected chi connectivity index (χ1v) is 8.53. The molecule has 112 valence electrons. The fourth-order valence-corrected chi connectivity index (χ4v) is 3.18. The number of rotatable bonds is 6. The molecule has 2 heteroatoms. The molecule has 0 radical (unpaired) electrons. The van der Waals surface area contributed by atoms with Crippen LogP contribution in [0.25, 0.3) is 0 Å². The van der Waals surface area contributed by atoms with Crippen molar-refractivity contribution in [2.75, 3.05) is 6.54 Å². The molecule has 1 rings (SSSR count). The van der Waals surface area contributed by atoms with Crippen molar-refractivity contribution >= 4 is 5.91 Å². The second-order valence-electron chi connectivity index (χ2n) is 6.25. The number of nitrogens with one attached hydrogen (secondary N) is 1. The largest absolute Gasteiger partial charge is 0.356 e. The molecule has 2 nitrogen and oxygen atoms in total. The maximum absolute atomic E-state index is 10.7. The Labute approximate surface area is 119 Å². The van der Waals surface area contributed by atoms with E-state index in [1.165, 1.54) is 77.0 Å². The minimum absolute atomic E-state index is 0.104. The summed E-state index contributed by atoms with van der Waals surface area (Å²) in [7, 11) is 0. The Hall–Kier alpha value is -0.530. The molecule has 1 amide bonds. The van der Waals surface area contributed by atoms with E-state index in [0.717, 1.165) is 18.9 Å². The molecule has 0 unspecified atom stereocenters. The first-order chi connectivity index (χ1) is 9.29. The molecule has 19 heavy (non-hydrogen) atoms. The van der Waals surface area contributed by atoms with E-state index in [0.29, 0.717) is 0 Å². The van der Waals surface area contributed by atoms with E-state index in [9.17, 15) is 4.79 Å². The van der Waals surface area contributed by atoms with E-state index in [2.05, 4.69) is 5.32 Å². The Balaban J connectivity index is 2.02. The standard InChI is InChI=1S/C17H33NO/c1-16(19)18-15-11-7-10-14-17-12-8-5-3-2-4-6-9-13-17/h17H,2-15H2,1H3,(H,18,19). The Bertz CT molecular complexity index is 217. The Morgan fingerprint density at radius 3 is 2.05 bits per heavy atom. The maximum atomic E-state index is 10.7. The second kappa shape index (κ2) is 11.3. The fourth-order valence-electron chi connectivity index (χ4n) is 3.18. The lowest BCUT2D eigenvalue weighted by atomic mass is 9.88. The first kappa shape index (κ1) is 16.5. The Kier molecular flexibility index (Phi) is 9.84. The van der Waals surface area contributed by atoms with Gasteiger partial charge in [0, 0.05) is 13.5 Å². The van der Waals surface area contributed by atoms with Gasteiger partial charge in [-0.3, -0.25) is 4.79 Å². The summed E-state index contributed by atoms with van der Waals surface area (Å²) >= 11 is 0. The van der Waals surface area contributed by atoms with E-state index >= 15 is 0 Å². The number of hydrogen-bond donors (Lipinski definition) is 1. The number of carbonyl (C=O) groups excluding carboxylic acids is 1. The molecular weight excluding hydrogens is 234 g/mol. The van der Waals surface area contributed by atoms with Crippen LogP contribution in [0.4, 0.5) is 0 Å². The van der Waals surface area contributed by atoms with Gasteiger partial charge >= 0.3 is 0 Å². The molecule has 1 fully saturated rings. The van der Waals surface area contributed by atoms with Crippen LogP contribution in [0.3, 0.4) is 0 Å². The van der Waals surface area contributed by atoms with Crippen molar-refractivity contribution in [1.82, 2.24) is 5.32 Å². The molecule has 1 aliphatic carbocycles. The molecule has 1 aliphatic rings. The lowest BCUT2D eigenvalue weighted by Crippen LogP contribution is -2.20. The molecule has 1 N–H and O–H groups in total. The molecule has 0 heterocycles. The van der Waals surface area contributed by atoms with Crippen LogP contribution in [0.15, 0.2) is 0 Å². The number of amides is 1. The average molecular weight is 267 g/mol. The summed E-state index contributed by atoms with van der Waals surface area (Å²) < 4.78 is 0. The van der Waals surface area contributed by atoms with Gasteiger partial charge in [-0.05, 0) is 12.3 Å². The normalized spacial score (nSPS) is 19.0. The third kappa shape index (κ3) is 9.98. The summed E-state index contributed by atoms with van der Waals surface area (Å²) in [6.45, 7) is 2.46. The molecule has 0 aromatic rings. The van der Waals surface area contributed by atoms with Crippen LogP contribution in [-0.2, 0) is 4.79 Å². The minimum atomic E-state index is 0.104. The SMILES string of the molecule is CC(=O)NCCCCCC1CCCCCCCCC1. The molecule has 0 atom stereocenters. The van der Waals surface area contributed by atoms with E-state index < -0.39 is 0 Å². The van der Waals surface area contributed by atoms with Gasteiger partial charge in [0.05, 0.1) is 0 Å². The highest BCUT2D eigenvalue weighted by molar-refractivity contribution is 5.72. The third-order valence-corrected chi connectivity index (χ3v) is 4.39. The van der Waals surface area contributed by atoms with Crippen LogP contribution in [0.1, 0.15) is 90.4 Å². The van der Waals surface area contributed by atoms with Crippen molar-refractivity contribution in [1.29, 1.82) is 0 Å². The van der Waals surface area contributed by atoms with Crippen molar-refractivity contribution in [3.63, 3.8) is 0 Å². The van der Waals surface area contributed by atoms with E-state index in [4.69, 9.17) is 0 Å². The Morgan fingerprint density at radius 1 is 0.895 bits per heavy atom. The molecular formula is C17H33NO. The van der Waals surface area contributed by atoms with Crippen molar-refractivity contribution in [3.8, 4) is 0 Å². The van der Waals surface area contributed by atoms with Gasteiger partial charge in [-0.25, -0.2) is 0 Å². The predicted octanol–water partition coefficient (Wildman–Crippen LogP) is 4.82. The molecule has 0 saturated heterocycles. The number of unbranched alkanes of at least 4 members (excludes halogenated alkanes) is 2. The van der Waals surface area contributed by atoms with Crippen molar-refractivity contribution in [2.45, 2.75) is 90.4 Å². The molecule has 1 saturated carbocycles. The molecule has 0 aliphatic heterocycles. The van der Waals surface area contributed by atoms with Crippen LogP contribution < -0.4 is 5.32 Å². The summed E-state index contributed by atoms with van der Waals surface area (Å²) in [5.41, 5.74) is 0. The van der Waals surface area contributed by atoms with Crippen LogP contribution in [0, 0.1) is 5.92 Å². The van der Waals surface area contributed by atoms with Gasteiger partial charge in [0.1, 0.15) is 0 Å². The topological polar surface area (TPSA) is 29.1 Å². The van der Waals surface area contributed by atoms with Gasteiger partial charge in [-0.1, -0.05) is 77.0 Å². The van der Waals surface area contributed by atoms with Crippen LogP contribution >= 0.6 is 0 Å². The zero-order valence-electron chi connectivity index (χ0n) is 12.9. The minimum Gasteiger partial charge on any atom is -0.356 e. The molecule has 0 spiro atoms. The second-order valence-corrected chi connectivity index (χ2v) is 6.25. The predicted molar refractivity (Wildman–Crippen MR) is 82.2 cm³/mol. The fraction of sp³-hybridized carbons (Fsp3) is 0.941. The highest BCUT2D eigenvalue weighted by atomic mass is 16.1. The summed E-state index contributed by atoms with van der Waals surface area (Å²) in [4.78, 5) is 10.7. The number of hydrogen-bond acceptors (Lipinski definition) is 1. The van der Waals surface area contributed by atoms with E-state index in [1.807, 2.05) is 0 Å². The van der Waals surface area contributed by atoms with Gasteiger partial charge in [0.25, 0.3) is 0 Å². The molecule has 0 aromatic carbocycles. The third-order valence-electron chi connectivity index (χ3n) is 4.39. The quantitative estimate of drug-likeness (QED) is 0.687. The van der Waals surface area contributed by atoms with Gasteiger partial charge in [-0.15, -0.1) is 0 Å². The van der Waals surface area contributed by atoms with Crippen molar-refractivity contribution in [3.05, 3.63) is 0 Å². The highest BCUT2D eigenvalue weighted by Gasteiger charge is 2.09. The summed E-state index contributed by atoms with van der Waals surface area (Å²) in [5, 5.41) is 2.88. The smallest absolute Gasteiger partial charge is 0.216 e. The molecule has 0 bridgehead atoms. The van der Waals surface area contributed by atoms with E-state index in [1.54, 1.807) is 6.92 Å². The van der Waals surface area contributed by atoms with Gasteiger partial charge in [0.2, 0.25) is 5.91 Å². The van der Waals surface area contributed by atoms with Gasteiger partial charge < -0.3 is 5.32 Å². The maximum Gasteiger partial charge on any atom is 0.216 e. The van der Waals surface area contributed by atoms with Crippen molar-refractivity contribution in [2.24, 2.45) is 5.92 Å². The van der Waals surface area contributed by atoms with Gasteiger partial charge in [0.15, 0.2) is 0 Å². The monoisotopic (exact) mass is 267 g/mol. The zero-order valence-corrected chi connectivity index (χ0v) is 12.9. The molecule has 0 aromatic heterocycles. The average Bonchev–Trinajstić information content (AvgIpc) is 2.40. The number of carbonyl (C=O) groups is 1.